The minimum Gasteiger partial charge on any atom is -0.354 e. The number of carbonyl (C=O) groups excluding carboxylic acids is 1. The van der Waals surface area contributed by atoms with Crippen LogP contribution in [0.3, 0.4) is 0 Å². The van der Waals surface area contributed by atoms with Gasteiger partial charge in [0.15, 0.2) is 0 Å². The van der Waals surface area contributed by atoms with Crippen LogP contribution in [0.15, 0.2) is 23.1 Å². The summed E-state index contributed by atoms with van der Waals surface area (Å²) in [6, 6.07) is 5.41. The van der Waals surface area contributed by atoms with Gasteiger partial charge in [0.05, 0.1) is 17.6 Å². The lowest BCUT2D eigenvalue weighted by atomic mass is 9.98. The molecule has 0 bridgehead atoms. The molecule has 29 heavy (non-hydrogen) atoms. The second-order valence-corrected chi connectivity index (χ2v) is 10.2. The molecule has 8 nitrogen and oxygen atoms in total. The van der Waals surface area contributed by atoms with E-state index in [0.717, 1.165) is 31.2 Å². The Balaban J connectivity index is 1.43. The highest BCUT2D eigenvalue weighted by Crippen LogP contribution is 2.28. The van der Waals surface area contributed by atoms with Crippen LogP contribution in [0.5, 0.6) is 0 Å². The lowest BCUT2D eigenvalue weighted by molar-refractivity contribution is -0.126. The first-order chi connectivity index (χ1) is 14.0. The molecular weight excluding hydrogens is 410 g/mol. The molecule has 0 radical (unpaired) electrons. The van der Waals surface area contributed by atoms with Crippen LogP contribution in [0.1, 0.15) is 32.6 Å². The third kappa shape index (κ3) is 4.16. The Morgan fingerprint density at radius 2 is 2.07 bits per heavy atom. The SMILES string of the molecule is CCN1CCC[C@@H]1CNC(=O)[C@@H]1CCCN(S(=O)(=O)c2cccc3nsnc23)C1. The molecule has 2 fully saturated rings. The summed E-state index contributed by atoms with van der Waals surface area (Å²) >= 11 is 1.00. The summed E-state index contributed by atoms with van der Waals surface area (Å²) in [6.45, 7) is 5.50. The summed E-state index contributed by atoms with van der Waals surface area (Å²) in [6.07, 6.45) is 3.65. The smallest absolute Gasteiger partial charge is 0.245 e. The van der Waals surface area contributed by atoms with Crippen LogP contribution in [-0.4, -0.2) is 71.0 Å². The molecule has 2 aliphatic rings. The van der Waals surface area contributed by atoms with Gasteiger partial charge >= 0.3 is 0 Å². The topological polar surface area (TPSA) is 95.5 Å². The zero-order valence-electron chi connectivity index (χ0n) is 16.6. The van der Waals surface area contributed by atoms with E-state index in [1.165, 1.54) is 10.7 Å². The first-order valence-corrected chi connectivity index (χ1v) is 12.4. The molecule has 0 unspecified atom stereocenters. The van der Waals surface area contributed by atoms with Crippen LogP contribution >= 0.6 is 11.7 Å². The summed E-state index contributed by atoms with van der Waals surface area (Å²) in [5, 5.41) is 3.07. The van der Waals surface area contributed by atoms with Gasteiger partial charge in [-0.3, -0.25) is 9.69 Å². The Labute approximate surface area is 175 Å². The number of nitrogens with zero attached hydrogens (tertiary/aromatic N) is 4. The molecule has 0 saturated carbocycles. The number of likely N-dealkylation sites (tertiary alicyclic amines) is 1. The first kappa shape index (κ1) is 20.6. The average Bonchev–Trinajstić information content (AvgIpc) is 3.40. The molecule has 2 aliphatic heterocycles. The number of amides is 1. The largest absolute Gasteiger partial charge is 0.354 e. The highest BCUT2D eigenvalue weighted by molar-refractivity contribution is 7.89. The van der Waals surface area contributed by atoms with Crippen molar-refractivity contribution in [2.24, 2.45) is 5.92 Å². The first-order valence-electron chi connectivity index (χ1n) is 10.2. The number of sulfonamides is 1. The standard InChI is InChI=1S/C19H27N5O3S2/c1-2-23-10-5-7-15(23)12-20-19(25)14-6-4-11-24(13-14)29(26,27)17-9-3-8-16-18(17)22-28-21-16/h3,8-9,14-15H,2,4-7,10-13H2,1H3,(H,20,25)/t14-,15-/m1/s1. The van der Waals surface area contributed by atoms with E-state index in [0.29, 0.717) is 43.0 Å². The van der Waals surface area contributed by atoms with E-state index in [1.807, 2.05) is 0 Å². The van der Waals surface area contributed by atoms with Gasteiger partial charge < -0.3 is 5.32 Å². The lowest BCUT2D eigenvalue weighted by Crippen LogP contribution is -2.47. The molecule has 1 aromatic heterocycles. The zero-order valence-corrected chi connectivity index (χ0v) is 18.2. The van der Waals surface area contributed by atoms with Crippen LogP contribution in [0.4, 0.5) is 0 Å². The van der Waals surface area contributed by atoms with Crippen molar-refractivity contribution in [3.05, 3.63) is 18.2 Å². The van der Waals surface area contributed by atoms with Crippen molar-refractivity contribution < 1.29 is 13.2 Å². The molecule has 1 amide bonds. The Bertz CT molecular complexity index is 977. The normalized spacial score (nSPS) is 24.2. The Hall–Kier alpha value is -1.62. The summed E-state index contributed by atoms with van der Waals surface area (Å²) in [5.74, 6) is -0.357. The maximum Gasteiger partial charge on any atom is 0.245 e. The van der Waals surface area contributed by atoms with Gasteiger partial charge in [0, 0.05) is 25.7 Å². The molecule has 158 valence electrons. The van der Waals surface area contributed by atoms with Gasteiger partial charge in [-0.1, -0.05) is 13.0 Å². The molecule has 10 heteroatoms. The number of rotatable bonds is 6. The van der Waals surface area contributed by atoms with E-state index in [9.17, 15) is 13.2 Å². The number of aromatic nitrogens is 2. The quantitative estimate of drug-likeness (QED) is 0.739. The van der Waals surface area contributed by atoms with Crippen molar-refractivity contribution in [1.29, 1.82) is 0 Å². The zero-order chi connectivity index (χ0) is 20.4. The Morgan fingerprint density at radius 1 is 1.24 bits per heavy atom. The summed E-state index contributed by atoms with van der Waals surface area (Å²) in [4.78, 5) is 15.3. The average molecular weight is 438 g/mol. The van der Waals surface area contributed by atoms with Crippen LogP contribution in [0.25, 0.3) is 11.0 Å². The van der Waals surface area contributed by atoms with Crippen molar-refractivity contribution in [2.45, 2.75) is 43.5 Å². The maximum absolute atomic E-state index is 13.2. The van der Waals surface area contributed by atoms with Crippen LogP contribution in [-0.2, 0) is 14.8 Å². The van der Waals surface area contributed by atoms with Gasteiger partial charge in [-0.05, 0) is 50.9 Å². The molecule has 2 aromatic rings. The van der Waals surface area contributed by atoms with Crippen molar-refractivity contribution in [3.63, 3.8) is 0 Å². The van der Waals surface area contributed by atoms with Crippen molar-refractivity contribution in [2.75, 3.05) is 32.7 Å². The van der Waals surface area contributed by atoms with Crippen molar-refractivity contribution >= 4 is 38.7 Å². The number of hydrogen-bond donors (Lipinski definition) is 1. The van der Waals surface area contributed by atoms with E-state index in [4.69, 9.17) is 0 Å². The number of carbonyl (C=O) groups is 1. The highest BCUT2D eigenvalue weighted by Gasteiger charge is 2.35. The van der Waals surface area contributed by atoms with Gasteiger partial charge in [-0.15, -0.1) is 0 Å². The number of benzene rings is 1. The Morgan fingerprint density at radius 3 is 2.90 bits per heavy atom. The molecule has 3 heterocycles. The third-order valence-electron chi connectivity index (χ3n) is 6.04. The van der Waals surface area contributed by atoms with Crippen LogP contribution in [0.2, 0.25) is 0 Å². The minimum absolute atomic E-state index is 0.0404. The lowest BCUT2D eigenvalue weighted by Gasteiger charge is -2.32. The minimum atomic E-state index is -3.72. The molecule has 4 rings (SSSR count). The summed E-state index contributed by atoms with van der Waals surface area (Å²) in [7, 11) is -3.72. The number of nitrogens with one attached hydrogen (secondary N) is 1. The van der Waals surface area contributed by atoms with E-state index in [-0.39, 0.29) is 23.3 Å². The van der Waals surface area contributed by atoms with E-state index >= 15 is 0 Å². The van der Waals surface area contributed by atoms with E-state index in [2.05, 4.69) is 25.9 Å². The fourth-order valence-electron chi connectivity index (χ4n) is 4.41. The van der Waals surface area contributed by atoms with Crippen molar-refractivity contribution in [3.8, 4) is 0 Å². The van der Waals surface area contributed by atoms with Gasteiger partial charge in [0.2, 0.25) is 15.9 Å². The summed E-state index contributed by atoms with van der Waals surface area (Å²) in [5.41, 5.74) is 0.990. The second-order valence-electron chi connectivity index (χ2n) is 7.76. The predicted octanol–water partition coefficient (Wildman–Crippen LogP) is 1.69. The Kier molecular flexibility index (Phi) is 6.14. The molecular formula is C19H27N5O3S2. The van der Waals surface area contributed by atoms with Gasteiger partial charge in [-0.2, -0.15) is 13.1 Å². The van der Waals surface area contributed by atoms with Crippen LogP contribution in [0, 0.1) is 5.92 Å². The fraction of sp³-hybridized carbons (Fsp3) is 0.632. The summed E-state index contributed by atoms with van der Waals surface area (Å²) < 4.78 is 36.2. The number of likely N-dealkylation sites (N-methyl/N-ethyl adjacent to an activating group) is 1. The van der Waals surface area contributed by atoms with Gasteiger partial charge in [0.1, 0.15) is 15.9 Å². The second kappa shape index (κ2) is 8.63. The molecule has 0 spiro atoms. The highest BCUT2D eigenvalue weighted by atomic mass is 32.2. The van der Waals surface area contributed by atoms with Crippen molar-refractivity contribution in [1.82, 2.24) is 23.3 Å². The van der Waals surface area contributed by atoms with Gasteiger partial charge in [0.25, 0.3) is 0 Å². The fourth-order valence-corrected chi connectivity index (χ4v) is 6.69. The predicted molar refractivity (Wildman–Crippen MR) is 112 cm³/mol. The van der Waals surface area contributed by atoms with E-state index < -0.39 is 10.0 Å². The number of hydrogen-bond acceptors (Lipinski definition) is 7. The van der Waals surface area contributed by atoms with Gasteiger partial charge in [-0.25, -0.2) is 8.42 Å². The molecule has 0 aliphatic carbocycles. The molecule has 2 saturated heterocycles. The number of piperidine rings is 1. The molecule has 1 N–H and O–H groups in total. The van der Waals surface area contributed by atoms with E-state index in [1.54, 1.807) is 18.2 Å². The number of fused-ring (bicyclic) bond motifs is 1. The maximum atomic E-state index is 13.2. The monoisotopic (exact) mass is 437 g/mol. The van der Waals surface area contributed by atoms with Crippen LogP contribution < -0.4 is 5.32 Å². The third-order valence-corrected chi connectivity index (χ3v) is 8.48. The molecule has 1 aromatic carbocycles. The molecule has 2 atom stereocenters.